The highest BCUT2D eigenvalue weighted by molar-refractivity contribution is 6.50. The van der Waals surface area contributed by atoms with Gasteiger partial charge >= 0.3 is 21.8 Å². The van der Waals surface area contributed by atoms with Gasteiger partial charge in [0.05, 0.1) is 40.4 Å². The highest BCUT2D eigenvalue weighted by Crippen LogP contribution is 2.43. The predicted molar refractivity (Wildman–Crippen MR) is 242 cm³/mol. The summed E-state index contributed by atoms with van der Waals surface area (Å²) in [6.45, 7) is 11.3. The van der Waals surface area contributed by atoms with Gasteiger partial charge in [0.15, 0.2) is 6.21 Å². The Balaban J connectivity index is 0.000000503. The molecule has 8 heterocycles. The fourth-order valence-corrected chi connectivity index (χ4v) is 11.9. The van der Waals surface area contributed by atoms with Crippen molar-refractivity contribution in [3.05, 3.63) is 72.0 Å². The number of rotatable bonds is 11. The van der Waals surface area contributed by atoms with Gasteiger partial charge in [-0.1, -0.05) is 19.9 Å². The van der Waals surface area contributed by atoms with Crippen molar-refractivity contribution in [2.45, 2.75) is 101 Å². The Morgan fingerprint density at radius 3 is 1.59 bits per heavy atom. The van der Waals surface area contributed by atoms with Crippen molar-refractivity contribution in [2.75, 3.05) is 58.4 Å². The highest BCUT2D eigenvalue weighted by atomic mass is 19.5. The van der Waals surface area contributed by atoms with Crippen LogP contribution in [0.25, 0.3) is 0 Å². The van der Waals surface area contributed by atoms with Crippen molar-refractivity contribution in [3.8, 4) is 11.5 Å². The molecule has 0 saturated carbocycles. The number of fused-ring (bicyclic) bond motifs is 8. The molecule has 12 atom stereocenters. The molecule has 10 rings (SSSR count). The third-order valence-corrected chi connectivity index (χ3v) is 14.9. The van der Waals surface area contributed by atoms with Crippen molar-refractivity contribution in [3.63, 3.8) is 0 Å². The lowest BCUT2D eigenvalue weighted by Crippen LogP contribution is -3.20. The molecule has 6 saturated heterocycles. The molecule has 0 aromatic heterocycles. The van der Waals surface area contributed by atoms with Gasteiger partial charge in [-0.2, -0.15) is 4.58 Å². The van der Waals surface area contributed by atoms with E-state index in [2.05, 4.69) is 78.2 Å². The van der Waals surface area contributed by atoms with Gasteiger partial charge in [-0.15, -0.1) is 0 Å². The molecule has 4 bridgehead atoms. The van der Waals surface area contributed by atoms with Crippen LogP contribution in [0.2, 0.25) is 0 Å². The summed E-state index contributed by atoms with van der Waals surface area (Å²) in [6, 6.07) is 13.4. The molecule has 6 fully saturated rings. The van der Waals surface area contributed by atoms with Crippen LogP contribution >= 0.6 is 0 Å². The fourth-order valence-electron chi connectivity index (χ4n) is 11.9. The zero-order valence-electron chi connectivity index (χ0n) is 38.9. The second-order valence-corrected chi connectivity index (χ2v) is 18.7. The molecule has 4 N–H and O–H groups in total. The molecule has 8 aliphatic heterocycles. The molecule has 382 valence electrons. The monoisotopic (exact) mass is 987 g/mol. The van der Waals surface area contributed by atoms with Gasteiger partial charge in [-0.25, -0.2) is 0 Å². The van der Waals surface area contributed by atoms with Gasteiger partial charge in [0.2, 0.25) is 5.69 Å². The largest absolute Gasteiger partial charge is 0.673 e. The Morgan fingerprint density at radius 2 is 1.13 bits per heavy atom. The topological polar surface area (TPSA) is 74.1 Å². The van der Waals surface area contributed by atoms with Crippen molar-refractivity contribution in [1.29, 1.82) is 0 Å². The van der Waals surface area contributed by atoms with E-state index in [9.17, 15) is 62.0 Å². The number of nitrogens with zero attached hydrogens (tertiary/aromatic N) is 2. The molecule has 8 nitrogen and oxygen atoms in total. The first-order valence-corrected chi connectivity index (χ1v) is 23.6. The Bertz CT molecular complexity index is 1980. The van der Waals surface area contributed by atoms with Crippen molar-refractivity contribution in [2.24, 2.45) is 23.7 Å². The maximum atomic E-state index is 12.0. The number of aliphatic hydroxyl groups is 2. The molecule has 0 aliphatic carbocycles. The average Bonchev–Trinajstić information content (AvgIpc) is 3.29. The molecular formula is C45H65B3F12N4O4. The molecule has 2 unspecified atom stereocenters. The maximum Gasteiger partial charge on any atom is 0.673 e. The first-order valence-electron chi connectivity index (χ1n) is 23.6. The number of benzene rings is 2. The average molecular weight is 986 g/mol. The number of nitrogens with one attached hydrogen (secondary N) is 2. The number of aliphatic hydroxyl groups excluding tert-OH is 2. The molecule has 0 radical (unpaired) electrons. The molecular weight excluding hydrogens is 921 g/mol. The van der Waals surface area contributed by atoms with E-state index in [1.165, 1.54) is 74.4 Å². The van der Waals surface area contributed by atoms with E-state index in [1.54, 1.807) is 24.0 Å². The summed E-state index contributed by atoms with van der Waals surface area (Å²) in [5.41, 5.74) is 4.76. The minimum Gasteiger partial charge on any atom is -0.497 e. The number of quaternary nitrogens is 2. The van der Waals surface area contributed by atoms with Crippen LogP contribution in [0.4, 0.5) is 63.2 Å². The van der Waals surface area contributed by atoms with E-state index in [0.29, 0.717) is 12.1 Å². The Labute approximate surface area is 391 Å². The van der Waals surface area contributed by atoms with Gasteiger partial charge in [-0.3, -0.25) is 0 Å². The minimum absolute atomic E-state index is 0.116. The number of piperidine rings is 6. The molecule has 68 heavy (non-hydrogen) atoms. The highest BCUT2D eigenvalue weighted by Gasteiger charge is 2.50. The quantitative estimate of drug-likeness (QED) is 0.0796. The Morgan fingerprint density at radius 1 is 0.662 bits per heavy atom. The van der Waals surface area contributed by atoms with Crippen LogP contribution in [-0.2, 0) is 0 Å². The van der Waals surface area contributed by atoms with Crippen LogP contribution in [-0.4, -0.2) is 121 Å². The molecule has 0 spiro atoms. The molecule has 8 aliphatic rings. The summed E-state index contributed by atoms with van der Waals surface area (Å²) < 4.78 is 131. The van der Waals surface area contributed by atoms with E-state index < -0.39 is 21.8 Å². The lowest BCUT2D eigenvalue weighted by molar-refractivity contribution is -0.950. The van der Waals surface area contributed by atoms with E-state index >= 15 is 0 Å². The Hall–Kier alpha value is -3.82. The number of allylic oxidation sites excluding steroid dienone is 3. The van der Waals surface area contributed by atoms with E-state index in [0.717, 1.165) is 73.9 Å². The number of anilines is 1. The van der Waals surface area contributed by atoms with E-state index in [1.807, 2.05) is 12.1 Å². The predicted octanol–water partition coefficient (Wildman–Crippen LogP) is 8.00. The summed E-state index contributed by atoms with van der Waals surface area (Å²) in [7, 11) is -14.5. The zero-order chi connectivity index (χ0) is 50.1. The molecule has 23 heteroatoms. The van der Waals surface area contributed by atoms with Gasteiger partial charge in [0.1, 0.15) is 42.3 Å². The van der Waals surface area contributed by atoms with Gasteiger partial charge in [0.25, 0.3) is 0 Å². The van der Waals surface area contributed by atoms with Crippen LogP contribution in [0.15, 0.2) is 60.8 Å². The minimum atomic E-state index is -6.00. The standard InChI is InChI=1S/C45H63N4O4.3BF4/c1-5-30-28-48-20-14-32(30)24-42(48)44(50)36-16-22-46(40-12-10-34(52-3)26-38(36)40)18-8-7-9-19-47-23-17-37(39-27-35(53-4)11-13-41(39)47)45(51)43-25-33-15-21-49(43)29-31(33)6-2;3*2-1(3,4)5/h7-13,18-19,26-27,30-33,36-37,42-45,50-51H,5-6,14-17,20-25,28-29H2,1-4H3;;;/q+1;3*-1/p+2/t30-,31-,32-,33-,36-,37+,42-,43-,44+,45+;;;/m0.../s1. The molecule has 0 amide bonds. The summed E-state index contributed by atoms with van der Waals surface area (Å²) in [4.78, 5) is 5.59. The van der Waals surface area contributed by atoms with Gasteiger partial charge < -0.3 is 86.2 Å². The first kappa shape index (κ1) is 55.1. The van der Waals surface area contributed by atoms with Crippen LogP contribution in [0, 0.1) is 23.7 Å². The van der Waals surface area contributed by atoms with Crippen molar-refractivity contribution in [1.82, 2.24) is 0 Å². The molecule has 2 aromatic carbocycles. The number of methoxy groups -OCH3 is 2. The van der Waals surface area contributed by atoms with E-state index in [4.69, 9.17) is 9.47 Å². The Kier molecular flexibility index (Phi) is 19.3. The van der Waals surface area contributed by atoms with Crippen LogP contribution < -0.4 is 24.2 Å². The number of hydrogen-bond donors (Lipinski definition) is 4. The summed E-state index contributed by atoms with van der Waals surface area (Å²) in [5, 5.41) is 23.9. The summed E-state index contributed by atoms with van der Waals surface area (Å²) >= 11 is 0. The van der Waals surface area contributed by atoms with Crippen LogP contribution in [0.5, 0.6) is 11.5 Å². The van der Waals surface area contributed by atoms with Gasteiger partial charge in [-0.05, 0) is 73.1 Å². The van der Waals surface area contributed by atoms with Crippen molar-refractivity contribution < 1.29 is 85.9 Å². The van der Waals surface area contributed by atoms with Crippen molar-refractivity contribution >= 4 is 39.4 Å². The number of halogens is 12. The third kappa shape index (κ3) is 15.6. The zero-order valence-corrected chi connectivity index (χ0v) is 38.9. The third-order valence-electron chi connectivity index (χ3n) is 14.9. The summed E-state index contributed by atoms with van der Waals surface area (Å²) in [6.07, 6.45) is 19.4. The number of ether oxygens (including phenoxy) is 2. The fraction of sp³-hybridized carbons (Fsp3) is 0.622. The smallest absolute Gasteiger partial charge is 0.497 e. The second kappa shape index (κ2) is 23.9. The lowest BCUT2D eigenvalue weighted by Gasteiger charge is -2.50. The van der Waals surface area contributed by atoms with Crippen LogP contribution in [0.3, 0.4) is 0 Å². The first-order chi connectivity index (χ1) is 31.9. The van der Waals surface area contributed by atoms with E-state index in [-0.39, 0.29) is 24.0 Å². The van der Waals surface area contributed by atoms with Gasteiger partial charge in [0, 0.05) is 91.9 Å². The SMILES string of the molecule is CC[C@H]1C[NH+]2CC[C@H]1C[C@H]2[C@H](O)[C@@H]1CCN(/C=C/C=C/C=[N+]2CC[C@H]([C@@H](O)[C@@H]3C[C@@H]4CC[NH+]3C[C@@H]4CC)c3cc(OC)ccc32)c2ccc(OC)cc21.F[B-](F)(F)F.F[B-](F)(F)F.F[B-](F)(F)F. The van der Waals surface area contributed by atoms with Crippen LogP contribution in [0.1, 0.15) is 88.2 Å². The normalized spacial score (nSPS) is 30.3. The second-order valence-electron chi connectivity index (χ2n) is 18.7. The lowest BCUT2D eigenvalue weighted by atomic mass is 9.70. The summed E-state index contributed by atoms with van der Waals surface area (Å²) in [5.74, 6) is 5.12. The molecule has 2 aromatic rings. The number of hydrogen-bond acceptors (Lipinski definition) is 5. The maximum absolute atomic E-state index is 12.0.